The molecule has 5 nitrogen and oxygen atoms in total. The summed E-state index contributed by atoms with van der Waals surface area (Å²) in [6.45, 7) is 1.93. The SMILES string of the molecule is CCOC(=O)C1=CCCCC1S(=O)(=O)Cn1cccc1Cl. The van der Waals surface area contributed by atoms with E-state index in [9.17, 15) is 13.2 Å². The smallest absolute Gasteiger partial charge is 0.335 e. The van der Waals surface area contributed by atoms with Crippen LogP contribution in [0.5, 0.6) is 0 Å². The first-order valence-electron chi connectivity index (χ1n) is 6.85. The normalized spacial score (nSPS) is 19.1. The van der Waals surface area contributed by atoms with Gasteiger partial charge in [-0.1, -0.05) is 17.7 Å². The summed E-state index contributed by atoms with van der Waals surface area (Å²) in [4.78, 5) is 11.9. The topological polar surface area (TPSA) is 65.4 Å². The van der Waals surface area contributed by atoms with Crippen LogP contribution in [-0.4, -0.2) is 30.8 Å². The van der Waals surface area contributed by atoms with Gasteiger partial charge in [0, 0.05) is 6.20 Å². The Morgan fingerprint density at radius 3 is 2.90 bits per heavy atom. The molecule has 0 fully saturated rings. The van der Waals surface area contributed by atoms with Crippen LogP contribution in [0.15, 0.2) is 30.0 Å². The van der Waals surface area contributed by atoms with E-state index in [1.165, 1.54) is 4.57 Å². The first kappa shape index (κ1) is 16.1. The number of hydrogen-bond acceptors (Lipinski definition) is 4. The average Bonchev–Trinajstić information content (AvgIpc) is 2.84. The maximum absolute atomic E-state index is 12.6. The summed E-state index contributed by atoms with van der Waals surface area (Å²) in [5, 5.41) is -0.459. The summed E-state index contributed by atoms with van der Waals surface area (Å²) in [5.41, 5.74) is 0.256. The fourth-order valence-electron chi connectivity index (χ4n) is 2.43. The van der Waals surface area contributed by atoms with Crippen molar-refractivity contribution in [3.8, 4) is 0 Å². The van der Waals surface area contributed by atoms with Crippen molar-refractivity contribution in [3.63, 3.8) is 0 Å². The van der Waals surface area contributed by atoms with Gasteiger partial charge >= 0.3 is 5.97 Å². The zero-order valence-electron chi connectivity index (χ0n) is 11.8. The largest absolute Gasteiger partial charge is 0.463 e. The minimum Gasteiger partial charge on any atom is -0.463 e. The Morgan fingerprint density at radius 2 is 2.29 bits per heavy atom. The molecule has 1 atom stereocenters. The van der Waals surface area contributed by atoms with Gasteiger partial charge in [-0.15, -0.1) is 0 Å². The van der Waals surface area contributed by atoms with Gasteiger partial charge in [0.1, 0.15) is 11.0 Å². The second-order valence-electron chi connectivity index (χ2n) is 4.89. The summed E-state index contributed by atoms with van der Waals surface area (Å²) < 4.78 is 31.6. The van der Waals surface area contributed by atoms with Crippen LogP contribution in [0.2, 0.25) is 5.15 Å². The highest BCUT2D eigenvalue weighted by atomic mass is 35.5. The molecular formula is C14H18ClNO4S. The third kappa shape index (κ3) is 3.68. The van der Waals surface area contributed by atoms with Crippen LogP contribution >= 0.6 is 11.6 Å². The molecule has 0 saturated carbocycles. The lowest BCUT2D eigenvalue weighted by Crippen LogP contribution is -2.32. The zero-order valence-corrected chi connectivity index (χ0v) is 13.4. The highest BCUT2D eigenvalue weighted by Crippen LogP contribution is 2.28. The minimum atomic E-state index is -3.53. The van der Waals surface area contributed by atoms with E-state index in [4.69, 9.17) is 16.3 Å². The summed E-state index contributed by atoms with van der Waals surface area (Å²) in [6.07, 6.45) is 5.17. The molecule has 1 aromatic rings. The molecule has 21 heavy (non-hydrogen) atoms. The monoisotopic (exact) mass is 331 g/mol. The molecule has 0 aromatic carbocycles. The Kier molecular flexibility index (Phi) is 5.11. The number of rotatable bonds is 5. The van der Waals surface area contributed by atoms with Gasteiger partial charge in [0.15, 0.2) is 9.84 Å². The third-order valence-electron chi connectivity index (χ3n) is 3.42. The van der Waals surface area contributed by atoms with Crippen LogP contribution in [0.4, 0.5) is 0 Å². The molecule has 1 aliphatic carbocycles. The summed E-state index contributed by atoms with van der Waals surface area (Å²) in [6, 6.07) is 3.31. The van der Waals surface area contributed by atoms with Gasteiger partial charge in [0.25, 0.3) is 0 Å². The van der Waals surface area contributed by atoms with Gasteiger partial charge in [-0.2, -0.15) is 0 Å². The quantitative estimate of drug-likeness (QED) is 0.778. The molecule has 2 rings (SSSR count). The first-order chi connectivity index (χ1) is 9.95. The lowest BCUT2D eigenvalue weighted by Gasteiger charge is -2.23. The van der Waals surface area contributed by atoms with Gasteiger partial charge < -0.3 is 9.30 Å². The van der Waals surface area contributed by atoms with Crippen molar-refractivity contribution in [2.75, 3.05) is 6.61 Å². The lowest BCUT2D eigenvalue weighted by molar-refractivity contribution is -0.138. The molecule has 0 aliphatic heterocycles. The first-order valence-corrected chi connectivity index (χ1v) is 8.94. The van der Waals surface area contributed by atoms with E-state index in [-0.39, 0.29) is 18.1 Å². The summed E-state index contributed by atoms with van der Waals surface area (Å²) in [5.74, 6) is -0.773. The lowest BCUT2D eigenvalue weighted by atomic mass is 9.99. The Balaban J connectivity index is 2.25. The Hall–Kier alpha value is -1.27. The van der Waals surface area contributed by atoms with E-state index < -0.39 is 21.1 Å². The predicted octanol–water partition coefficient (Wildman–Crippen LogP) is 2.56. The van der Waals surface area contributed by atoms with E-state index in [2.05, 4.69) is 0 Å². The number of sulfone groups is 1. The van der Waals surface area contributed by atoms with Crippen molar-refractivity contribution in [2.45, 2.75) is 37.3 Å². The van der Waals surface area contributed by atoms with Gasteiger partial charge in [-0.25, -0.2) is 13.2 Å². The Bertz CT molecular complexity index is 648. The molecule has 0 bridgehead atoms. The number of aromatic nitrogens is 1. The molecule has 0 radical (unpaired) electrons. The highest BCUT2D eigenvalue weighted by molar-refractivity contribution is 7.91. The maximum atomic E-state index is 12.6. The number of nitrogens with zero attached hydrogens (tertiary/aromatic N) is 1. The van der Waals surface area contributed by atoms with E-state index in [0.29, 0.717) is 18.0 Å². The second-order valence-corrected chi connectivity index (χ2v) is 7.43. The van der Waals surface area contributed by atoms with Crippen LogP contribution in [0, 0.1) is 0 Å². The molecule has 0 spiro atoms. The number of carbonyl (C=O) groups excluding carboxylic acids is 1. The molecule has 116 valence electrons. The molecule has 0 amide bonds. The van der Waals surface area contributed by atoms with E-state index in [0.717, 1.165) is 6.42 Å². The zero-order chi connectivity index (χ0) is 15.5. The van der Waals surface area contributed by atoms with Crippen LogP contribution in [-0.2, 0) is 25.2 Å². The molecule has 1 aliphatic rings. The average molecular weight is 332 g/mol. The molecule has 0 N–H and O–H groups in total. The highest BCUT2D eigenvalue weighted by Gasteiger charge is 2.35. The van der Waals surface area contributed by atoms with Crippen molar-refractivity contribution in [1.29, 1.82) is 0 Å². The van der Waals surface area contributed by atoms with Crippen molar-refractivity contribution >= 4 is 27.4 Å². The summed E-state index contributed by atoms with van der Waals surface area (Å²) in [7, 11) is -3.53. The molecule has 1 unspecified atom stereocenters. The second kappa shape index (κ2) is 6.66. The number of carbonyl (C=O) groups is 1. The Labute approximate surface area is 129 Å². The predicted molar refractivity (Wildman–Crippen MR) is 80.7 cm³/mol. The summed E-state index contributed by atoms with van der Waals surface area (Å²) >= 11 is 5.93. The van der Waals surface area contributed by atoms with Crippen molar-refractivity contribution in [1.82, 2.24) is 4.57 Å². The number of hydrogen-bond donors (Lipinski definition) is 0. The van der Waals surface area contributed by atoms with Crippen molar-refractivity contribution in [2.24, 2.45) is 0 Å². The molecule has 0 saturated heterocycles. The molecular weight excluding hydrogens is 314 g/mol. The van der Waals surface area contributed by atoms with Gasteiger partial charge in [-0.3, -0.25) is 0 Å². The number of ether oxygens (including phenoxy) is 1. The van der Waals surface area contributed by atoms with Crippen molar-refractivity contribution < 1.29 is 17.9 Å². The fraction of sp³-hybridized carbons (Fsp3) is 0.500. The molecule has 7 heteroatoms. The van der Waals surface area contributed by atoms with Crippen LogP contribution in [0.25, 0.3) is 0 Å². The van der Waals surface area contributed by atoms with Crippen LogP contribution in [0.1, 0.15) is 26.2 Å². The fourth-order valence-corrected chi connectivity index (χ4v) is 4.59. The van der Waals surface area contributed by atoms with Gasteiger partial charge in [0.2, 0.25) is 0 Å². The number of halogens is 1. The maximum Gasteiger partial charge on any atom is 0.335 e. The van der Waals surface area contributed by atoms with Crippen molar-refractivity contribution in [3.05, 3.63) is 35.1 Å². The van der Waals surface area contributed by atoms with E-state index >= 15 is 0 Å². The minimum absolute atomic E-state index is 0.229. The number of esters is 1. The van der Waals surface area contributed by atoms with Gasteiger partial charge in [0.05, 0.1) is 17.4 Å². The third-order valence-corrected chi connectivity index (χ3v) is 5.76. The van der Waals surface area contributed by atoms with Gasteiger partial charge in [-0.05, 0) is 38.3 Å². The number of allylic oxidation sites excluding steroid dienone is 1. The van der Waals surface area contributed by atoms with Crippen LogP contribution < -0.4 is 0 Å². The Morgan fingerprint density at radius 1 is 1.52 bits per heavy atom. The molecule has 1 heterocycles. The molecule has 1 aromatic heterocycles. The van der Waals surface area contributed by atoms with E-state index in [1.807, 2.05) is 0 Å². The standard InChI is InChI=1S/C14H18ClNO4S/c1-2-20-14(17)11-6-3-4-7-12(11)21(18,19)10-16-9-5-8-13(16)15/h5-6,8-9,12H,2-4,7,10H2,1H3. The van der Waals surface area contributed by atoms with E-state index in [1.54, 1.807) is 31.3 Å². The van der Waals surface area contributed by atoms with Crippen LogP contribution in [0.3, 0.4) is 0 Å².